The van der Waals surface area contributed by atoms with Crippen molar-refractivity contribution in [2.75, 3.05) is 70.8 Å². The highest BCUT2D eigenvalue weighted by molar-refractivity contribution is 5.93. The second-order valence-electron chi connectivity index (χ2n) is 7.59. The summed E-state index contributed by atoms with van der Waals surface area (Å²) in [6.45, 7) is 6.16. The normalized spacial score (nSPS) is 15.1. The lowest BCUT2D eigenvalue weighted by molar-refractivity contribution is 0.172. The monoisotopic (exact) mass is 426 g/mol. The fourth-order valence-electron chi connectivity index (χ4n) is 3.30. The summed E-state index contributed by atoms with van der Waals surface area (Å²) < 4.78 is 10.8. The molecule has 3 rings (SSSR count). The zero-order valence-corrected chi connectivity index (χ0v) is 18.8. The molecule has 0 bridgehead atoms. The third kappa shape index (κ3) is 7.41. The van der Waals surface area contributed by atoms with E-state index in [1.54, 1.807) is 14.2 Å². The standard InChI is InChI=1S/C23H34N6O2/c1-24-23(27-20-6-4-7-21(16-20)31-15-5-14-30-3)26-18-19-8-9-22(25-17-19)29-12-10-28(2)11-13-29/h4,6-9,16-17H,5,10-15,18H2,1-3H3,(H2,24,26,27). The zero-order chi connectivity index (χ0) is 21.9. The first-order valence-corrected chi connectivity index (χ1v) is 10.8. The highest BCUT2D eigenvalue weighted by Gasteiger charge is 2.14. The number of aliphatic imine (C=N–C) groups is 1. The maximum atomic E-state index is 5.77. The van der Waals surface area contributed by atoms with Gasteiger partial charge in [0.15, 0.2) is 5.96 Å². The Kier molecular flexibility index (Phi) is 8.93. The quantitative estimate of drug-likeness (QED) is 0.362. The van der Waals surface area contributed by atoms with Gasteiger partial charge in [-0.1, -0.05) is 12.1 Å². The maximum absolute atomic E-state index is 5.77. The molecule has 1 aromatic carbocycles. The van der Waals surface area contributed by atoms with Crippen LogP contribution in [0.15, 0.2) is 47.6 Å². The lowest BCUT2D eigenvalue weighted by Gasteiger charge is -2.33. The molecule has 1 aromatic heterocycles. The molecule has 1 aliphatic heterocycles. The Balaban J connectivity index is 1.48. The third-order valence-corrected chi connectivity index (χ3v) is 5.18. The largest absolute Gasteiger partial charge is 0.493 e. The number of anilines is 2. The van der Waals surface area contributed by atoms with Crippen LogP contribution < -0.4 is 20.3 Å². The van der Waals surface area contributed by atoms with E-state index in [1.165, 1.54) is 0 Å². The Labute approximate surface area is 185 Å². The molecule has 2 aromatic rings. The minimum absolute atomic E-state index is 0.626. The number of benzene rings is 1. The van der Waals surface area contributed by atoms with Crippen LogP contribution in [-0.4, -0.2) is 76.4 Å². The number of ether oxygens (including phenoxy) is 2. The van der Waals surface area contributed by atoms with Crippen molar-refractivity contribution in [1.82, 2.24) is 15.2 Å². The van der Waals surface area contributed by atoms with Crippen molar-refractivity contribution in [3.05, 3.63) is 48.2 Å². The summed E-state index contributed by atoms with van der Waals surface area (Å²) in [6.07, 6.45) is 2.79. The minimum Gasteiger partial charge on any atom is -0.493 e. The first-order valence-electron chi connectivity index (χ1n) is 10.8. The van der Waals surface area contributed by atoms with Crippen LogP contribution in [0.5, 0.6) is 5.75 Å². The number of hydrogen-bond acceptors (Lipinski definition) is 6. The van der Waals surface area contributed by atoms with E-state index in [1.807, 2.05) is 30.5 Å². The smallest absolute Gasteiger partial charge is 0.195 e. The molecule has 168 valence electrons. The number of methoxy groups -OCH3 is 1. The fourth-order valence-corrected chi connectivity index (χ4v) is 3.30. The van der Waals surface area contributed by atoms with Crippen molar-refractivity contribution in [3.63, 3.8) is 0 Å². The summed E-state index contributed by atoms with van der Waals surface area (Å²) in [5.41, 5.74) is 2.02. The molecule has 0 radical (unpaired) electrons. The van der Waals surface area contributed by atoms with Gasteiger partial charge in [0.1, 0.15) is 11.6 Å². The van der Waals surface area contributed by atoms with Crippen molar-refractivity contribution >= 4 is 17.5 Å². The van der Waals surface area contributed by atoms with Crippen LogP contribution in [0.2, 0.25) is 0 Å². The highest BCUT2D eigenvalue weighted by Crippen LogP contribution is 2.18. The van der Waals surface area contributed by atoms with Crippen molar-refractivity contribution < 1.29 is 9.47 Å². The predicted octanol–water partition coefficient (Wildman–Crippen LogP) is 2.44. The number of nitrogens with one attached hydrogen (secondary N) is 2. The molecular weight excluding hydrogens is 392 g/mol. The highest BCUT2D eigenvalue weighted by atomic mass is 16.5. The Bertz CT molecular complexity index is 819. The van der Waals surface area contributed by atoms with Gasteiger partial charge in [-0.25, -0.2) is 4.98 Å². The molecule has 8 nitrogen and oxygen atoms in total. The number of pyridine rings is 1. The summed E-state index contributed by atoms with van der Waals surface area (Å²) in [7, 11) is 5.61. The van der Waals surface area contributed by atoms with Crippen molar-refractivity contribution in [2.45, 2.75) is 13.0 Å². The number of aromatic nitrogens is 1. The minimum atomic E-state index is 0.626. The number of rotatable bonds is 9. The molecule has 0 saturated carbocycles. The fraction of sp³-hybridized carbons (Fsp3) is 0.478. The number of likely N-dealkylation sites (N-methyl/N-ethyl adjacent to an activating group) is 1. The third-order valence-electron chi connectivity index (χ3n) is 5.18. The SMILES string of the molecule is CN=C(NCc1ccc(N2CCN(C)CC2)nc1)Nc1cccc(OCCCOC)c1. The zero-order valence-electron chi connectivity index (χ0n) is 18.8. The molecule has 0 atom stereocenters. The molecular formula is C23H34N6O2. The Morgan fingerprint density at radius 3 is 2.68 bits per heavy atom. The van der Waals surface area contributed by atoms with Gasteiger partial charge in [0.25, 0.3) is 0 Å². The maximum Gasteiger partial charge on any atom is 0.195 e. The van der Waals surface area contributed by atoms with E-state index in [9.17, 15) is 0 Å². The van der Waals surface area contributed by atoms with Gasteiger partial charge in [-0.3, -0.25) is 4.99 Å². The van der Waals surface area contributed by atoms with Crippen LogP contribution >= 0.6 is 0 Å². The average molecular weight is 427 g/mol. The second-order valence-corrected chi connectivity index (χ2v) is 7.59. The number of piperazine rings is 1. The molecule has 8 heteroatoms. The Morgan fingerprint density at radius 1 is 1.13 bits per heavy atom. The molecule has 2 heterocycles. The summed E-state index contributed by atoms with van der Waals surface area (Å²) in [4.78, 5) is 13.6. The van der Waals surface area contributed by atoms with Gasteiger partial charge in [0, 0.05) is 77.9 Å². The van der Waals surface area contributed by atoms with Crippen LogP contribution in [0.25, 0.3) is 0 Å². The van der Waals surface area contributed by atoms with Gasteiger partial charge in [-0.2, -0.15) is 0 Å². The predicted molar refractivity (Wildman–Crippen MR) is 126 cm³/mol. The summed E-state index contributed by atoms with van der Waals surface area (Å²) >= 11 is 0. The van der Waals surface area contributed by atoms with Crippen LogP contribution in [0.4, 0.5) is 11.5 Å². The van der Waals surface area contributed by atoms with E-state index in [2.05, 4.69) is 49.6 Å². The van der Waals surface area contributed by atoms with E-state index in [4.69, 9.17) is 9.47 Å². The summed E-state index contributed by atoms with van der Waals surface area (Å²) in [5, 5.41) is 6.65. The van der Waals surface area contributed by atoms with Crippen LogP contribution in [0.3, 0.4) is 0 Å². The van der Waals surface area contributed by atoms with E-state index in [-0.39, 0.29) is 0 Å². The van der Waals surface area contributed by atoms with Gasteiger partial charge in [-0.05, 0) is 30.8 Å². The Morgan fingerprint density at radius 2 is 1.97 bits per heavy atom. The molecule has 0 aliphatic carbocycles. The van der Waals surface area contributed by atoms with E-state index >= 15 is 0 Å². The Hall–Kier alpha value is -2.84. The first-order chi connectivity index (χ1) is 15.2. The van der Waals surface area contributed by atoms with E-state index in [0.29, 0.717) is 25.7 Å². The number of hydrogen-bond donors (Lipinski definition) is 2. The van der Waals surface area contributed by atoms with E-state index < -0.39 is 0 Å². The second kappa shape index (κ2) is 12.1. The number of nitrogens with zero attached hydrogens (tertiary/aromatic N) is 4. The van der Waals surface area contributed by atoms with Crippen molar-refractivity contribution in [1.29, 1.82) is 0 Å². The molecule has 1 fully saturated rings. The summed E-state index contributed by atoms with van der Waals surface area (Å²) in [5.74, 6) is 2.56. The number of guanidine groups is 1. The molecule has 0 unspecified atom stereocenters. The lowest BCUT2D eigenvalue weighted by atomic mass is 10.2. The average Bonchev–Trinajstić information content (AvgIpc) is 2.81. The van der Waals surface area contributed by atoms with Gasteiger partial charge in [0.05, 0.1) is 6.61 Å². The van der Waals surface area contributed by atoms with Crippen LogP contribution in [0, 0.1) is 0 Å². The summed E-state index contributed by atoms with van der Waals surface area (Å²) in [6, 6.07) is 12.1. The first kappa shape index (κ1) is 22.8. The van der Waals surface area contributed by atoms with Gasteiger partial charge in [0.2, 0.25) is 0 Å². The van der Waals surface area contributed by atoms with Gasteiger partial charge >= 0.3 is 0 Å². The van der Waals surface area contributed by atoms with E-state index in [0.717, 1.165) is 55.4 Å². The molecule has 1 aliphatic rings. The van der Waals surface area contributed by atoms with Crippen LogP contribution in [0.1, 0.15) is 12.0 Å². The molecule has 0 spiro atoms. The molecule has 31 heavy (non-hydrogen) atoms. The topological polar surface area (TPSA) is 74.3 Å². The van der Waals surface area contributed by atoms with Crippen LogP contribution in [-0.2, 0) is 11.3 Å². The molecule has 2 N–H and O–H groups in total. The van der Waals surface area contributed by atoms with Gasteiger partial charge < -0.3 is 29.9 Å². The van der Waals surface area contributed by atoms with Crippen molar-refractivity contribution in [3.8, 4) is 5.75 Å². The lowest BCUT2D eigenvalue weighted by Crippen LogP contribution is -2.44. The molecule has 0 amide bonds. The van der Waals surface area contributed by atoms with Crippen molar-refractivity contribution in [2.24, 2.45) is 4.99 Å². The van der Waals surface area contributed by atoms with Gasteiger partial charge in [-0.15, -0.1) is 0 Å². The molecule has 1 saturated heterocycles.